The van der Waals surface area contributed by atoms with Crippen molar-refractivity contribution >= 4 is 17.4 Å². The Morgan fingerprint density at radius 3 is 2.47 bits per heavy atom. The minimum absolute atomic E-state index is 0.274. The highest BCUT2D eigenvalue weighted by atomic mass is 16.5. The number of benzene rings is 2. The average molecular weight is 427 g/mol. The highest BCUT2D eigenvalue weighted by Gasteiger charge is 2.40. The van der Waals surface area contributed by atoms with Crippen LogP contribution in [0.15, 0.2) is 66.2 Å². The lowest BCUT2D eigenvalue weighted by atomic mass is 9.79. The summed E-state index contributed by atoms with van der Waals surface area (Å²) in [6.07, 6.45) is 3.97. The topological polar surface area (TPSA) is 74.4 Å². The number of hydrogen-bond donors (Lipinski definition) is 1. The molecule has 2 aromatic carbocycles. The van der Waals surface area contributed by atoms with E-state index in [1.807, 2.05) is 67.6 Å². The van der Waals surface area contributed by atoms with Gasteiger partial charge in [0.15, 0.2) is 0 Å². The molecule has 1 aromatic heterocycles. The van der Waals surface area contributed by atoms with Crippen LogP contribution in [0.4, 0.5) is 5.69 Å². The first-order valence-electron chi connectivity index (χ1n) is 11.2. The van der Waals surface area contributed by atoms with Crippen molar-refractivity contribution in [1.29, 1.82) is 0 Å². The summed E-state index contributed by atoms with van der Waals surface area (Å²) >= 11 is 0. The minimum atomic E-state index is -0.422. The van der Waals surface area contributed by atoms with Gasteiger partial charge < -0.3 is 15.2 Å². The fraction of sp³-hybridized carbons (Fsp3) is 0.259. The quantitative estimate of drug-likeness (QED) is 0.592. The summed E-state index contributed by atoms with van der Waals surface area (Å²) in [6.45, 7) is 2.08. The zero-order valence-electron chi connectivity index (χ0n) is 18.1. The number of aromatic nitrogens is 1. The molecule has 162 valence electrons. The summed E-state index contributed by atoms with van der Waals surface area (Å²) < 4.78 is 11.9. The third-order valence-electron chi connectivity index (χ3n) is 6.21. The molecule has 1 atom stereocenters. The Kier molecular flexibility index (Phi) is 5.39. The van der Waals surface area contributed by atoms with Gasteiger partial charge in [-0.3, -0.25) is 0 Å². The Labute approximate surface area is 187 Å². The first-order valence-corrected chi connectivity index (χ1v) is 11.2. The van der Waals surface area contributed by atoms with E-state index < -0.39 is 11.9 Å². The van der Waals surface area contributed by atoms with E-state index in [2.05, 4.69) is 0 Å². The Hall–Kier alpha value is -3.60. The van der Waals surface area contributed by atoms with Crippen molar-refractivity contribution in [2.24, 2.45) is 0 Å². The number of anilines is 1. The lowest BCUT2D eigenvalue weighted by Gasteiger charge is -2.32. The van der Waals surface area contributed by atoms with E-state index in [4.69, 9.17) is 20.2 Å². The monoisotopic (exact) mass is 426 g/mol. The molecule has 1 unspecified atom stereocenters. The van der Waals surface area contributed by atoms with E-state index in [-0.39, 0.29) is 6.61 Å². The molecule has 0 fully saturated rings. The predicted molar refractivity (Wildman–Crippen MR) is 124 cm³/mol. The smallest absolute Gasteiger partial charge is 0.338 e. The number of rotatable bonds is 4. The predicted octanol–water partition coefficient (Wildman–Crippen LogP) is 5.04. The number of nitrogens with zero attached hydrogens (tertiary/aromatic N) is 1. The van der Waals surface area contributed by atoms with E-state index in [9.17, 15) is 4.79 Å². The third-order valence-corrected chi connectivity index (χ3v) is 6.21. The molecule has 5 nitrogen and oxygen atoms in total. The number of pyridine rings is 1. The molecular formula is C27H26N2O3. The highest BCUT2D eigenvalue weighted by molar-refractivity contribution is 6.00. The largest absolute Gasteiger partial charge is 0.463 e. The number of nitrogens with two attached hydrogens (primary N) is 1. The van der Waals surface area contributed by atoms with Crippen LogP contribution in [-0.4, -0.2) is 17.6 Å². The van der Waals surface area contributed by atoms with Crippen LogP contribution in [0.2, 0.25) is 0 Å². The average Bonchev–Trinajstić information content (AvgIpc) is 2.84. The lowest BCUT2D eigenvalue weighted by Crippen LogP contribution is -2.26. The van der Waals surface area contributed by atoms with Gasteiger partial charge in [-0.25, -0.2) is 9.78 Å². The molecule has 2 heterocycles. The van der Waals surface area contributed by atoms with E-state index in [1.54, 1.807) is 0 Å². The summed E-state index contributed by atoms with van der Waals surface area (Å²) in [4.78, 5) is 18.3. The molecular weight excluding hydrogens is 400 g/mol. The van der Waals surface area contributed by atoms with Gasteiger partial charge in [-0.2, -0.15) is 0 Å². The summed E-state index contributed by atoms with van der Waals surface area (Å²) in [5.41, 5.74) is 12.5. The van der Waals surface area contributed by atoms with Crippen LogP contribution in [-0.2, 0) is 22.4 Å². The molecule has 0 saturated carbocycles. The van der Waals surface area contributed by atoms with Crippen LogP contribution in [0.1, 0.15) is 53.6 Å². The van der Waals surface area contributed by atoms with Crippen molar-refractivity contribution in [2.75, 3.05) is 12.3 Å². The van der Waals surface area contributed by atoms with E-state index >= 15 is 0 Å². The number of aryl methyl sites for hydroxylation is 1. The number of carbonyl (C=O) groups excluding carboxylic acids is 1. The number of carbonyl (C=O) groups is 1. The van der Waals surface area contributed by atoms with Crippen LogP contribution in [0, 0.1) is 0 Å². The van der Waals surface area contributed by atoms with Crippen molar-refractivity contribution < 1.29 is 14.3 Å². The molecule has 2 aliphatic rings. The molecule has 2 N–H and O–H groups in total. The highest BCUT2D eigenvalue weighted by Crippen LogP contribution is 2.49. The maximum Gasteiger partial charge on any atom is 0.338 e. The Balaban J connectivity index is 1.81. The van der Waals surface area contributed by atoms with Crippen LogP contribution in [0.25, 0.3) is 5.76 Å². The summed E-state index contributed by atoms with van der Waals surface area (Å²) in [7, 11) is 0. The van der Waals surface area contributed by atoms with Gasteiger partial charge >= 0.3 is 5.97 Å². The van der Waals surface area contributed by atoms with Gasteiger partial charge in [0, 0.05) is 16.9 Å². The van der Waals surface area contributed by atoms with Crippen molar-refractivity contribution in [2.45, 2.75) is 38.5 Å². The van der Waals surface area contributed by atoms with Crippen LogP contribution < -0.4 is 10.5 Å². The van der Waals surface area contributed by atoms with Gasteiger partial charge in [-0.1, -0.05) is 60.7 Å². The fourth-order valence-electron chi connectivity index (χ4n) is 4.75. The van der Waals surface area contributed by atoms with Gasteiger partial charge in [-0.15, -0.1) is 0 Å². The van der Waals surface area contributed by atoms with E-state index in [0.717, 1.165) is 53.6 Å². The number of esters is 1. The molecule has 0 spiro atoms. The Morgan fingerprint density at radius 1 is 1.06 bits per heavy atom. The Bertz CT molecular complexity index is 1190. The number of fused-ring (bicyclic) bond motifs is 2. The molecule has 3 aromatic rings. The molecule has 0 amide bonds. The molecule has 0 bridgehead atoms. The number of ether oxygens (including phenoxy) is 2. The van der Waals surface area contributed by atoms with Gasteiger partial charge in [-0.05, 0) is 43.7 Å². The van der Waals surface area contributed by atoms with Crippen LogP contribution >= 0.6 is 0 Å². The molecule has 5 heteroatoms. The van der Waals surface area contributed by atoms with E-state index in [0.29, 0.717) is 22.9 Å². The van der Waals surface area contributed by atoms with Gasteiger partial charge in [0.1, 0.15) is 5.76 Å². The second-order valence-electron chi connectivity index (χ2n) is 8.15. The molecule has 1 aliphatic carbocycles. The fourth-order valence-corrected chi connectivity index (χ4v) is 4.75. The lowest BCUT2D eigenvalue weighted by molar-refractivity contribution is -0.138. The summed E-state index contributed by atoms with van der Waals surface area (Å²) in [6, 6.07) is 19.6. The van der Waals surface area contributed by atoms with E-state index in [1.165, 1.54) is 0 Å². The zero-order valence-corrected chi connectivity index (χ0v) is 18.1. The molecule has 0 radical (unpaired) electrons. The van der Waals surface area contributed by atoms with Gasteiger partial charge in [0.25, 0.3) is 0 Å². The normalized spacial score (nSPS) is 17.2. The second kappa shape index (κ2) is 8.50. The summed E-state index contributed by atoms with van der Waals surface area (Å²) in [5.74, 6) is 0.147. The zero-order chi connectivity index (χ0) is 22.1. The second-order valence-corrected chi connectivity index (χ2v) is 8.15. The maximum absolute atomic E-state index is 13.4. The SMILES string of the molecule is CCOC(=O)C1=C(c2ccccc2)Oc2nc3c(c(N)c2C1c1ccccc1)CCCC3. The van der Waals surface area contributed by atoms with Crippen molar-refractivity contribution in [3.8, 4) is 5.88 Å². The maximum atomic E-state index is 13.4. The molecule has 1 aliphatic heterocycles. The molecule has 0 saturated heterocycles. The molecule has 5 rings (SSSR count). The van der Waals surface area contributed by atoms with Crippen LogP contribution in [0.3, 0.4) is 0 Å². The van der Waals surface area contributed by atoms with Crippen molar-refractivity contribution in [3.63, 3.8) is 0 Å². The van der Waals surface area contributed by atoms with Gasteiger partial charge in [0.2, 0.25) is 5.88 Å². The minimum Gasteiger partial charge on any atom is -0.463 e. The first kappa shape index (κ1) is 20.3. The third kappa shape index (κ3) is 3.44. The number of hydrogen-bond acceptors (Lipinski definition) is 5. The Morgan fingerprint density at radius 2 is 1.75 bits per heavy atom. The van der Waals surface area contributed by atoms with Crippen molar-refractivity contribution in [1.82, 2.24) is 4.98 Å². The number of nitrogen functional groups attached to an aromatic ring is 1. The standard InChI is InChI=1S/C27H26N2O3/c1-2-31-27(30)23-21(17-11-5-3-6-12-17)22-24(28)19-15-9-10-16-20(19)29-26(22)32-25(23)18-13-7-4-8-14-18/h3-8,11-14,21H,2,9-10,15-16H2,1H3,(H2,28,29). The van der Waals surface area contributed by atoms with Crippen molar-refractivity contribution in [3.05, 3.63) is 94.2 Å². The van der Waals surface area contributed by atoms with Gasteiger partial charge in [0.05, 0.1) is 23.7 Å². The molecule has 32 heavy (non-hydrogen) atoms. The summed E-state index contributed by atoms with van der Waals surface area (Å²) in [5, 5.41) is 0. The van der Waals surface area contributed by atoms with Crippen LogP contribution in [0.5, 0.6) is 5.88 Å². The first-order chi connectivity index (χ1) is 15.7.